The molecule has 2 rings (SSSR count). The molecule has 1 heterocycles. The van der Waals surface area contributed by atoms with Crippen molar-refractivity contribution in [2.45, 2.75) is 52.4 Å². The minimum absolute atomic E-state index is 0.822. The molecular weight excluding hydrogens is 244 g/mol. The average Bonchev–Trinajstić information content (AvgIpc) is 2.46. The summed E-state index contributed by atoms with van der Waals surface area (Å²) in [4.78, 5) is 2.59. The maximum Gasteiger partial charge on any atom is 0.0398 e. The van der Waals surface area contributed by atoms with Crippen LogP contribution in [0.4, 0.5) is 5.69 Å². The highest BCUT2D eigenvalue weighted by molar-refractivity contribution is 5.56. The predicted octanol–water partition coefficient (Wildman–Crippen LogP) is 3.90. The molecule has 1 aromatic carbocycles. The average molecular weight is 274 g/mol. The molecule has 0 spiro atoms. The van der Waals surface area contributed by atoms with Gasteiger partial charge in [-0.3, -0.25) is 0 Å². The summed E-state index contributed by atoms with van der Waals surface area (Å²) in [7, 11) is 0. The minimum Gasteiger partial charge on any atom is -0.371 e. The molecule has 0 radical (unpaired) electrons. The zero-order valence-corrected chi connectivity index (χ0v) is 13.2. The van der Waals surface area contributed by atoms with Crippen molar-refractivity contribution >= 4 is 5.69 Å². The van der Waals surface area contributed by atoms with Crippen molar-refractivity contribution in [3.63, 3.8) is 0 Å². The molecule has 0 saturated heterocycles. The summed E-state index contributed by atoms with van der Waals surface area (Å²) in [6.07, 6.45) is 7.63. The molecule has 1 atom stereocenters. The fourth-order valence-corrected chi connectivity index (χ4v) is 3.40. The van der Waals surface area contributed by atoms with Crippen LogP contribution in [0.15, 0.2) is 18.2 Å². The maximum absolute atomic E-state index is 5.69. The summed E-state index contributed by atoms with van der Waals surface area (Å²) < 4.78 is 0. The predicted molar refractivity (Wildman–Crippen MR) is 88.4 cm³/mol. The van der Waals surface area contributed by atoms with Gasteiger partial charge in [0.2, 0.25) is 0 Å². The molecule has 112 valence electrons. The van der Waals surface area contributed by atoms with Crippen molar-refractivity contribution in [2.24, 2.45) is 11.7 Å². The summed E-state index contributed by atoms with van der Waals surface area (Å²) in [6.45, 7) is 7.75. The number of benzene rings is 1. The molecule has 1 unspecified atom stereocenters. The molecule has 0 saturated carbocycles. The number of fused-ring (bicyclic) bond motifs is 1. The van der Waals surface area contributed by atoms with Crippen LogP contribution in [0.2, 0.25) is 0 Å². The molecule has 1 aromatic rings. The van der Waals surface area contributed by atoms with E-state index in [9.17, 15) is 0 Å². The standard InChI is InChI=1S/C18H30N2/c1-3-16(10-11-19)6-4-12-20-13-5-7-17-14-15(2)8-9-18(17)20/h8-9,14,16H,3-7,10-13,19H2,1-2H3. The molecule has 1 aliphatic heterocycles. The van der Waals surface area contributed by atoms with Gasteiger partial charge in [-0.15, -0.1) is 0 Å². The Bertz CT molecular complexity index is 414. The van der Waals surface area contributed by atoms with Crippen LogP contribution >= 0.6 is 0 Å². The highest BCUT2D eigenvalue weighted by Crippen LogP contribution is 2.28. The Balaban J connectivity index is 1.88. The molecular formula is C18H30N2. The van der Waals surface area contributed by atoms with Crippen molar-refractivity contribution in [3.8, 4) is 0 Å². The lowest BCUT2D eigenvalue weighted by molar-refractivity contribution is 0.428. The second-order valence-electron chi connectivity index (χ2n) is 6.22. The van der Waals surface area contributed by atoms with Crippen molar-refractivity contribution in [2.75, 3.05) is 24.5 Å². The number of aryl methyl sites for hydroxylation is 2. The Labute approximate surface area is 124 Å². The first-order valence-electron chi connectivity index (χ1n) is 8.29. The lowest BCUT2D eigenvalue weighted by atomic mass is 9.95. The topological polar surface area (TPSA) is 29.3 Å². The van der Waals surface area contributed by atoms with E-state index in [-0.39, 0.29) is 0 Å². The number of hydrogen-bond donors (Lipinski definition) is 1. The van der Waals surface area contributed by atoms with Gasteiger partial charge in [0.05, 0.1) is 0 Å². The molecule has 0 amide bonds. The van der Waals surface area contributed by atoms with Gasteiger partial charge < -0.3 is 10.6 Å². The first kappa shape index (κ1) is 15.4. The maximum atomic E-state index is 5.69. The molecule has 0 aliphatic carbocycles. The molecule has 2 heteroatoms. The molecule has 20 heavy (non-hydrogen) atoms. The molecule has 0 fully saturated rings. The molecule has 0 aromatic heterocycles. The van der Waals surface area contributed by atoms with E-state index in [1.165, 1.54) is 62.9 Å². The van der Waals surface area contributed by atoms with Gasteiger partial charge in [-0.2, -0.15) is 0 Å². The van der Waals surface area contributed by atoms with E-state index in [0.29, 0.717) is 0 Å². The first-order chi connectivity index (χ1) is 9.74. The SMILES string of the molecule is CCC(CCN)CCCN1CCCc2cc(C)ccc21. The van der Waals surface area contributed by atoms with E-state index >= 15 is 0 Å². The molecule has 0 bridgehead atoms. The molecule has 1 aliphatic rings. The van der Waals surface area contributed by atoms with Crippen LogP contribution in [0.1, 0.15) is 50.2 Å². The quantitative estimate of drug-likeness (QED) is 0.817. The number of nitrogens with zero attached hydrogens (tertiary/aromatic N) is 1. The second kappa shape index (κ2) is 7.68. The van der Waals surface area contributed by atoms with Crippen LogP contribution in [0.3, 0.4) is 0 Å². The third-order valence-corrected chi connectivity index (χ3v) is 4.64. The van der Waals surface area contributed by atoms with E-state index in [1.54, 1.807) is 5.56 Å². The van der Waals surface area contributed by atoms with Gasteiger partial charge in [0, 0.05) is 18.8 Å². The minimum atomic E-state index is 0.822. The number of nitrogens with two attached hydrogens (primary N) is 1. The van der Waals surface area contributed by atoms with Crippen molar-refractivity contribution < 1.29 is 0 Å². The van der Waals surface area contributed by atoms with Crippen LogP contribution in [0.25, 0.3) is 0 Å². The normalized spacial score (nSPS) is 16.1. The van der Waals surface area contributed by atoms with Crippen molar-refractivity contribution in [3.05, 3.63) is 29.3 Å². The number of hydrogen-bond acceptors (Lipinski definition) is 2. The van der Waals surface area contributed by atoms with Gasteiger partial charge in [0.25, 0.3) is 0 Å². The van der Waals surface area contributed by atoms with Crippen LogP contribution in [0, 0.1) is 12.8 Å². The van der Waals surface area contributed by atoms with Crippen molar-refractivity contribution in [1.29, 1.82) is 0 Å². The lowest BCUT2D eigenvalue weighted by Crippen LogP contribution is -2.30. The third kappa shape index (κ3) is 3.99. The summed E-state index contributed by atoms with van der Waals surface area (Å²) in [5, 5.41) is 0. The van der Waals surface area contributed by atoms with Gasteiger partial charge in [0.15, 0.2) is 0 Å². The van der Waals surface area contributed by atoms with E-state index in [1.807, 2.05) is 0 Å². The van der Waals surface area contributed by atoms with Gasteiger partial charge in [-0.25, -0.2) is 0 Å². The Kier molecular flexibility index (Phi) is 5.90. The fourth-order valence-electron chi connectivity index (χ4n) is 3.40. The Morgan fingerprint density at radius 3 is 2.90 bits per heavy atom. The summed E-state index contributed by atoms with van der Waals surface area (Å²) >= 11 is 0. The zero-order valence-electron chi connectivity index (χ0n) is 13.2. The van der Waals surface area contributed by atoms with Crippen LogP contribution in [-0.4, -0.2) is 19.6 Å². The smallest absolute Gasteiger partial charge is 0.0398 e. The highest BCUT2D eigenvalue weighted by atomic mass is 15.1. The van der Waals surface area contributed by atoms with Gasteiger partial charge in [0.1, 0.15) is 0 Å². The van der Waals surface area contributed by atoms with E-state index in [0.717, 1.165) is 12.5 Å². The summed E-state index contributed by atoms with van der Waals surface area (Å²) in [5.74, 6) is 0.822. The Morgan fingerprint density at radius 1 is 1.30 bits per heavy atom. The highest BCUT2D eigenvalue weighted by Gasteiger charge is 2.16. The third-order valence-electron chi connectivity index (χ3n) is 4.64. The first-order valence-corrected chi connectivity index (χ1v) is 8.29. The summed E-state index contributed by atoms with van der Waals surface area (Å²) in [6, 6.07) is 6.94. The Morgan fingerprint density at radius 2 is 2.15 bits per heavy atom. The van der Waals surface area contributed by atoms with Crippen LogP contribution in [0.5, 0.6) is 0 Å². The number of anilines is 1. The van der Waals surface area contributed by atoms with E-state index < -0.39 is 0 Å². The fraction of sp³-hybridized carbons (Fsp3) is 0.667. The van der Waals surface area contributed by atoms with Crippen molar-refractivity contribution in [1.82, 2.24) is 0 Å². The largest absolute Gasteiger partial charge is 0.371 e. The van der Waals surface area contributed by atoms with E-state index in [2.05, 4.69) is 36.9 Å². The zero-order chi connectivity index (χ0) is 14.4. The van der Waals surface area contributed by atoms with Gasteiger partial charge in [-0.1, -0.05) is 31.0 Å². The summed E-state index contributed by atoms with van der Waals surface area (Å²) in [5.41, 5.74) is 10.1. The number of rotatable bonds is 7. The van der Waals surface area contributed by atoms with Crippen LogP contribution < -0.4 is 10.6 Å². The van der Waals surface area contributed by atoms with Gasteiger partial charge in [-0.05, 0) is 63.1 Å². The van der Waals surface area contributed by atoms with E-state index in [4.69, 9.17) is 5.73 Å². The van der Waals surface area contributed by atoms with Gasteiger partial charge >= 0.3 is 0 Å². The Hall–Kier alpha value is -1.02. The van der Waals surface area contributed by atoms with Crippen LogP contribution in [-0.2, 0) is 6.42 Å². The molecule has 2 nitrogen and oxygen atoms in total. The molecule has 2 N–H and O–H groups in total. The monoisotopic (exact) mass is 274 g/mol. The lowest BCUT2D eigenvalue weighted by Gasteiger charge is -2.32. The second-order valence-corrected chi connectivity index (χ2v) is 6.22.